The van der Waals surface area contributed by atoms with Gasteiger partial charge in [-0.15, -0.1) is 0 Å². The van der Waals surface area contributed by atoms with Crippen LogP contribution in [0.1, 0.15) is 39.6 Å². The van der Waals surface area contributed by atoms with E-state index in [9.17, 15) is 18.8 Å². The van der Waals surface area contributed by atoms with Gasteiger partial charge in [0.15, 0.2) is 5.78 Å². The predicted molar refractivity (Wildman–Crippen MR) is 110 cm³/mol. The van der Waals surface area contributed by atoms with Crippen molar-refractivity contribution in [2.75, 3.05) is 33.3 Å². The number of Topliss-reactive ketones (excluding diaryl/α,β-unsaturated/α-hetero) is 1. The molecule has 1 heterocycles. The summed E-state index contributed by atoms with van der Waals surface area (Å²) in [6.45, 7) is 3.15. The summed E-state index contributed by atoms with van der Waals surface area (Å²) >= 11 is 0. The number of amides is 2. The number of halogens is 1. The van der Waals surface area contributed by atoms with Gasteiger partial charge in [0.1, 0.15) is 11.6 Å². The summed E-state index contributed by atoms with van der Waals surface area (Å²) in [5.74, 6) is -0.535. The lowest BCUT2D eigenvalue weighted by molar-refractivity contribution is -0.130. The standard InChI is InChI=1S/C23H25FN2O4/c1-16(27)17-8-9-21(30-2)18(14-17)15-22(28)25-10-5-11-26(13-12-25)23(29)19-6-3-4-7-20(19)24/h3-4,6-9,14H,5,10-13,15H2,1-2H3. The number of hydrogen-bond acceptors (Lipinski definition) is 4. The molecule has 0 aromatic heterocycles. The van der Waals surface area contributed by atoms with Crippen molar-refractivity contribution in [3.8, 4) is 5.75 Å². The van der Waals surface area contributed by atoms with E-state index in [1.807, 2.05) is 0 Å². The van der Waals surface area contributed by atoms with Crippen LogP contribution < -0.4 is 4.74 Å². The van der Waals surface area contributed by atoms with E-state index in [-0.39, 0.29) is 29.6 Å². The lowest BCUT2D eigenvalue weighted by Crippen LogP contribution is -2.38. The second-order valence-electron chi connectivity index (χ2n) is 7.27. The highest BCUT2D eigenvalue weighted by Gasteiger charge is 2.25. The molecule has 7 heteroatoms. The first kappa shape index (κ1) is 21.5. The number of ketones is 1. The molecule has 2 aromatic carbocycles. The molecule has 1 aliphatic rings. The largest absolute Gasteiger partial charge is 0.496 e. The summed E-state index contributed by atoms with van der Waals surface area (Å²) in [6, 6.07) is 11.0. The Kier molecular flexibility index (Phi) is 6.82. The number of carbonyl (C=O) groups is 3. The molecule has 2 aromatic rings. The van der Waals surface area contributed by atoms with Gasteiger partial charge in [-0.2, -0.15) is 0 Å². The summed E-state index contributed by atoms with van der Waals surface area (Å²) < 4.78 is 19.3. The van der Waals surface area contributed by atoms with E-state index in [2.05, 4.69) is 0 Å². The number of nitrogens with zero attached hydrogens (tertiary/aromatic N) is 2. The number of benzene rings is 2. The Morgan fingerprint density at radius 1 is 1.00 bits per heavy atom. The highest BCUT2D eigenvalue weighted by molar-refractivity contribution is 5.95. The monoisotopic (exact) mass is 412 g/mol. The van der Waals surface area contributed by atoms with Gasteiger partial charge in [-0.3, -0.25) is 14.4 Å². The average Bonchev–Trinajstić information content (AvgIpc) is 3.00. The van der Waals surface area contributed by atoms with Crippen LogP contribution in [0.15, 0.2) is 42.5 Å². The second-order valence-corrected chi connectivity index (χ2v) is 7.27. The summed E-state index contributed by atoms with van der Waals surface area (Å²) in [7, 11) is 1.52. The molecular weight excluding hydrogens is 387 g/mol. The van der Waals surface area contributed by atoms with Crippen molar-refractivity contribution in [3.63, 3.8) is 0 Å². The summed E-state index contributed by atoms with van der Waals surface area (Å²) in [4.78, 5) is 40.5. The van der Waals surface area contributed by atoms with Crippen molar-refractivity contribution in [2.45, 2.75) is 19.8 Å². The molecule has 6 nitrogen and oxygen atoms in total. The number of rotatable bonds is 5. The average molecular weight is 412 g/mol. The number of methoxy groups -OCH3 is 1. The lowest BCUT2D eigenvalue weighted by Gasteiger charge is -2.23. The zero-order valence-electron chi connectivity index (χ0n) is 17.2. The molecule has 158 valence electrons. The van der Waals surface area contributed by atoms with Gasteiger partial charge < -0.3 is 14.5 Å². The maximum atomic E-state index is 14.0. The van der Waals surface area contributed by atoms with Gasteiger partial charge in [0, 0.05) is 37.3 Å². The van der Waals surface area contributed by atoms with Gasteiger partial charge >= 0.3 is 0 Å². The Morgan fingerprint density at radius 3 is 2.40 bits per heavy atom. The second kappa shape index (κ2) is 9.52. The predicted octanol–water partition coefficient (Wildman–Crippen LogP) is 2.95. The van der Waals surface area contributed by atoms with Gasteiger partial charge in [-0.1, -0.05) is 12.1 Å². The fraction of sp³-hybridized carbons (Fsp3) is 0.348. The molecule has 1 aliphatic heterocycles. The van der Waals surface area contributed by atoms with Crippen LogP contribution in [-0.4, -0.2) is 60.7 Å². The van der Waals surface area contributed by atoms with Gasteiger partial charge in [0.25, 0.3) is 5.91 Å². The molecule has 0 aliphatic carbocycles. The third-order valence-electron chi connectivity index (χ3n) is 5.27. The molecule has 2 amide bonds. The normalized spacial score (nSPS) is 14.2. The van der Waals surface area contributed by atoms with Crippen LogP contribution >= 0.6 is 0 Å². The van der Waals surface area contributed by atoms with Gasteiger partial charge in [0.2, 0.25) is 5.91 Å². The Hall–Kier alpha value is -3.22. The van der Waals surface area contributed by atoms with Crippen LogP contribution in [-0.2, 0) is 11.2 Å². The van der Waals surface area contributed by atoms with E-state index in [0.29, 0.717) is 49.5 Å². The Bertz CT molecular complexity index is 960. The number of ether oxygens (including phenoxy) is 1. The third kappa shape index (κ3) is 4.84. The van der Waals surface area contributed by atoms with Crippen LogP contribution in [0.3, 0.4) is 0 Å². The number of carbonyl (C=O) groups excluding carboxylic acids is 3. The minimum Gasteiger partial charge on any atom is -0.496 e. The molecule has 0 bridgehead atoms. The summed E-state index contributed by atoms with van der Waals surface area (Å²) in [6.07, 6.45) is 0.710. The van der Waals surface area contributed by atoms with Gasteiger partial charge in [0.05, 0.1) is 19.1 Å². The highest BCUT2D eigenvalue weighted by Crippen LogP contribution is 2.22. The van der Waals surface area contributed by atoms with Crippen molar-refractivity contribution < 1.29 is 23.5 Å². The maximum Gasteiger partial charge on any atom is 0.256 e. The quantitative estimate of drug-likeness (QED) is 0.709. The molecular formula is C23H25FN2O4. The summed E-state index contributed by atoms with van der Waals surface area (Å²) in [5.41, 5.74) is 1.22. The van der Waals surface area contributed by atoms with E-state index in [4.69, 9.17) is 4.74 Å². The zero-order chi connectivity index (χ0) is 21.7. The minimum absolute atomic E-state index is 0.0445. The Morgan fingerprint density at radius 2 is 1.70 bits per heavy atom. The third-order valence-corrected chi connectivity index (χ3v) is 5.27. The first-order valence-corrected chi connectivity index (χ1v) is 9.90. The molecule has 0 saturated carbocycles. The van der Waals surface area contributed by atoms with Crippen molar-refractivity contribution >= 4 is 17.6 Å². The van der Waals surface area contributed by atoms with E-state index in [1.165, 1.54) is 26.2 Å². The maximum absolute atomic E-state index is 14.0. The van der Waals surface area contributed by atoms with Gasteiger partial charge in [-0.25, -0.2) is 4.39 Å². The first-order chi connectivity index (χ1) is 14.4. The SMILES string of the molecule is COc1ccc(C(C)=O)cc1CC(=O)N1CCCN(C(=O)c2ccccc2F)CC1. The van der Waals surface area contributed by atoms with E-state index < -0.39 is 5.82 Å². The van der Waals surface area contributed by atoms with Crippen molar-refractivity contribution in [1.82, 2.24) is 9.80 Å². The molecule has 0 unspecified atom stereocenters. The minimum atomic E-state index is -0.544. The van der Waals surface area contributed by atoms with Gasteiger partial charge in [-0.05, 0) is 43.7 Å². The Labute approximate surface area is 175 Å². The molecule has 1 fully saturated rings. The molecule has 0 spiro atoms. The van der Waals surface area contributed by atoms with Crippen LogP contribution in [0.4, 0.5) is 4.39 Å². The van der Waals surface area contributed by atoms with E-state index >= 15 is 0 Å². The fourth-order valence-corrected chi connectivity index (χ4v) is 3.59. The van der Waals surface area contributed by atoms with Crippen LogP contribution in [0, 0.1) is 5.82 Å². The Balaban J connectivity index is 1.68. The highest BCUT2D eigenvalue weighted by atomic mass is 19.1. The van der Waals surface area contributed by atoms with Crippen molar-refractivity contribution in [2.24, 2.45) is 0 Å². The first-order valence-electron chi connectivity index (χ1n) is 9.90. The molecule has 3 rings (SSSR count). The number of hydrogen-bond donors (Lipinski definition) is 0. The fourth-order valence-electron chi connectivity index (χ4n) is 3.59. The van der Waals surface area contributed by atoms with Crippen LogP contribution in [0.5, 0.6) is 5.75 Å². The van der Waals surface area contributed by atoms with E-state index in [0.717, 1.165) is 0 Å². The smallest absolute Gasteiger partial charge is 0.256 e. The van der Waals surface area contributed by atoms with Crippen LogP contribution in [0.2, 0.25) is 0 Å². The molecule has 1 saturated heterocycles. The van der Waals surface area contributed by atoms with Crippen molar-refractivity contribution in [3.05, 3.63) is 65.0 Å². The molecule has 0 atom stereocenters. The van der Waals surface area contributed by atoms with Crippen molar-refractivity contribution in [1.29, 1.82) is 0 Å². The zero-order valence-corrected chi connectivity index (χ0v) is 17.2. The summed E-state index contributed by atoms with van der Waals surface area (Å²) in [5, 5.41) is 0. The lowest BCUT2D eigenvalue weighted by atomic mass is 10.0. The molecule has 0 radical (unpaired) electrons. The van der Waals surface area contributed by atoms with Crippen LogP contribution in [0.25, 0.3) is 0 Å². The topological polar surface area (TPSA) is 66.9 Å². The molecule has 0 N–H and O–H groups in total. The molecule has 30 heavy (non-hydrogen) atoms. The van der Waals surface area contributed by atoms with E-state index in [1.54, 1.807) is 40.1 Å².